The standard InChI is InChI=1S/C23H27N/c1-2-7-19(8-3-1)17-20-11-13-21(14-12-20)18-22-9-4-5-10-23(22)24-15-6-16-24/h1-3,7-8,11-14,18,23H,4-6,9-10,15-17H2. The van der Waals surface area contributed by atoms with Crippen molar-refractivity contribution in [1.29, 1.82) is 0 Å². The quantitative estimate of drug-likeness (QED) is 0.738. The number of hydrogen-bond donors (Lipinski definition) is 0. The fraction of sp³-hybridized carbons (Fsp3) is 0.391. The first kappa shape index (κ1) is 15.7. The summed E-state index contributed by atoms with van der Waals surface area (Å²) >= 11 is 0. The summed E-state index contributed by atoms with van der Waals surface area (Å²) in [7, 11) is 0. The maximum atomic E-state index is 2.68. The van der Waals surface area contributed by atoms with E-state index >= 15 is 0 Å². The molecule has 1 saturated carbocycles. The molecule has 1 heteroatoms. The molecule has 1 aliphatic heterocycles. The van der Waals surface area contributed by atoms with Gasteiger partial charge in [0.1, 0.15) is 0 Å². The molecular weight excluding hydrogens is 290 g/mol. The Morgan fingerprint density at radius 3 is 2.29 bits per heavy atom. The lowest BCUT2D eigenvalue weighted by Crippen LogP contribution is -2.46. The van der Waals surface area contributed by atoms with Gasteiger partial charge in [0.25, 0.3) is 0 Å². The van der Waals surface area contributed by atoms with Crippen molar-refractivity contribution in [2.45, 2.75) is 44.6 Å². The van der Waals surface area contributed by atoms with Gasteiger partial charge in [0, 0.05) is 6.04 Å². The van der Waals surface area contributed by atoms with Crippen molar-refractivity contribution in [3.05, 3.63) is 76.9 Å². The normalized spacial score (nSPS) is 23.2. The third-order valence-corrected chi connectivity index (χ3v) is 5.54. The number of nitrogens with zero attached hydrogens (tertiary/aromatic N) is 1. The fourth-order valence-electron chi connectivity index (χ4n) is 4.03. The lowest BCUT2D eigenvalue weighted by atomic mass is 9.86. The summed E-state index contributed by atoms with van der Waals surface area (Å²) in [5.41, 5.74) is 5.81. The number of rotatable bonds is 4. The van der Waals surface area contributed by atoms with Crippen molar-refractivity contribution in [1.82, 2.24) is 4.90 Å². The predicted octanol–water partition coefficient (Wildman–Crippen LogP) is 5.31. The smallest absolute Gasteiger partial charge is 0.0310 e. The van der Waals surface area contributed by atoms with Crippen LogP contribution >= 0.6 is 0 Å². The van der Waals surface area contributed by atoms with Gasteiger partial charge in [-0.1, -0.05) is 72.7 Å². The topological polar surface area (TPSA) is 3.24 Å². The molecule has 2 aromatic rings. The predicted molar refractivity (Wildman–Crippen MR) is 102 cm³/mol. The monoisotopic (exact) mass is 317 g/mol. The molecule has 124 valence electrons. The van der Waals surface area contributed by atoms with Gasteiger partial charge >= 0.3 is 0 Å². The van der Waals surface area contributed by atoms with Crippen LogP contribution < -0.4 is 0 Å². The molecule has 1 unspecified atom stereocenters. The molecule has 24 heavy (non-hydrogen) atoms. The largest absolute Gasteiger partial charge is 0.297 e. The zero-order chi connectivity index (χ0) is 16.2. The summed E-state index contributed by atoms with van der Waals surface area (Å²) in [6.45, 7) is 2.61. The van der Waals surface area contributed by atoms with Crippen molar-refractivity contribution in [2.75, 3.05) is 13.1 Å². The Morgan fingerprint density at radius 2 is 1.58 bits per heavy atom. The van der Waals surface area contributed by atoms with Crippen LogP contribution in [0.3, 0.4) is 0 Å². The molecule has 2 aliphatic rings. The molecule has 0 bridgehead atoms. The molecule has 0 aromatic heterocycles. The van der Waals surface area contributed by atoms with Gasteiger partial charge in [0.05, 0.1) is 0 Å². The van der Waals surface area contributed by atoms with Crippen LogP contribution in [0.5, 0.6) is 0 Å². The van der Waals surface area contributed by atoms with Crippen LogP contribution in [0.4, 0.5) is 0 Å². The molecule has 2 aromatic carbocycles. The van der Waals surface area contributed by atoms with Crippen LogP contribution in [0.15, 0.2) is 60.2 Å². The SMILES string of the molecule is C(=C1CCCCC1N1CCC1)c1ccc(Cc2ccccc2)cc1. The Kier molecular flexibility index (Phi) is 4.80. The van der Waals surface area contributed by atoms with Crippen molar-refractivity contribution in [3.8, 4) is 0 Å². The molecule has 1 nitrogen and oxygen atoms in total. The first-order chi connectivity index (χ1) is 11.9. The van der Waals surface area contributed by atoms with Crippen LogP contribution in [-0.4, -0.2) is 24.0 Å². The van der Waals surface area contributed by atoms with E-state index in [-0.39, 0.29) is 0 Å². The fourth-order valence-corrected chi connectivity index (χ4v) is 4.03. The Morgan fingerprint density at radius 1 is 0.833 bits per heavy atom. The summed E-state index contributed by atoms with van der Waals surface area (Å²) in [6.07, 6.45) is 10.3. The van der Waals surface area contributed by atoms with Crippen LogP contribution in [0.2, 0.25) is 0 Å². The van der Waals surface area contributed by atoms with Gasteiger partial charge in [-0.25, -0.2) is 0 Å². The van der Waals surface area contributed by atoms with Gasteiger partial charge in [-0.2, -0.15) is 0 Å². The summed E-state index contributed by atoms with van der Waals surface area (Å²) in [5, 5.41) is 0. The first-order valence-corrected chi connectivity index (χ1v) is 9.46. The highest BCUT2D eigenvalue weighted by molar-refractivity contribution is 5.55. The molecule has 4 rings (SSSR count). The maximum Gasteiger partial charge on any atom is 0.0310 e. The van der Waals surface area contributed by atoms with Gasteiger partial charge in [-0.3, -0.25) is 4.90 Å². The second kappa shape index (κ2) is 7.36. The van der Waals surface area contributed by atoms with Crippen LogP contribution in [0.25, 0.3) is 6.08 Å². The molecule has 0 radical (unpaired) electrons. The molecule has 1 heterocycles. The van der Waals surface area contributed by atoms with Gasteiger partial charge in [-0.05, 0) is 61.9 Å². The Balaban J connectivity index is 1.47. The summed E-state index contributed by atoms with van der Waals surface area (Å²) in [6, 6.07) is 20.6. The van der Waals surface area contributed by atoms with E-state index in [9.17, 15) is 0 Å². The second-order valence-corrected chi connectivity index (χ2v) is 7.27. The minimum Gasteiger partial charge on any atom is -0.297 e. The average Bonchev–Trinajstić information content (AvgIpc) is 2.58. The highest BCUT2D eigenvalue weighted by Gasteiger charge is 2.28. The van der Waals surface area contributed by atoms with E-state index in [2.05, 4.69) is 65.6 Å². The van der Waals surface area contributed by atoms with E-state index in [4.69, 9.17) is 0 Å². The minimum absolute atomic E-state index is 0.719. The lowest BCUT2D eigenvalue weighted by Gasteiger charge is -2.42. The third kappa shape index (κ3) is 3.62. The zero-order valence-corrected chi connectivity index (χ0v) is 14.5. The van der Waals surface area contributed by atoms with E-state index < -0.39 is 0 Å². The molecule has 1 aliphatic carbocycles. The highest BCUT2D eigenvalue weighted by atomic mass is 15.2. The summed E-state index contributed by atoms with van der Waals surface area (Å²) in [5.74, 6) is 0. The van der Waals surface area contributed by atoms with E-state index in [1.807, 2.05) is 0 Å². The Hall–Kier alpha value is -1.86. The van der Waals surface area contributed by atoms with Gasteiger partial charge in [-0.15, -0.1) is 0 Å². The molecule has 0 N–H and O–H groups in total. The number of likely N-dealkylation sites (tertiary alicyclic amines) is 1. The van der Waals surface area contributed by atoms with Crippen LogP contribution in [0, 0.1) is 0 Å². The molecule has 0 spiro atoms. The number of hydrogen-bond acceptors (Lipinski definition) is 1. The molecular formula is C23H27N. The second-order valence-electron chi connectivity index (χ2n) is 7.27. The van der Waals surface area contributed by atoms with E-state index in [0.717, 1.165) is 12.5 Å². The molecule has 0 amide bonds. The van der Waals surface area contributed by atoms with Crippen molar-refractivity contribution >= 4 is 6.08 Å². The summed E-state index contributed by atoms with van der Waals surface area (Å²) < 4.78 is 0. The number of benzene rings is 2. The molecule has 1 saturated heterocycles. The van der Waals surface area contributed by atoms with E-state index in [1.54, 1.807) is 5.57 Å². The van der Waals surface area contributed by atoms with Crippen LogP contribution in [-0.2, 0) is 6.42 Å². The average molecular weight is 317 g/mol. The van der Waals surface area contributed by atoms with E-state index in [1.165, 1.54) is 61.9 Å². The van der Waals surface area contributed by atoms with Crippen LogP contribution in [0.1, 0.15) is 48.8 Å². The Bertz CT molecular complexity index is 680. The van der Waals surface area contributed by atoms with E-state index in [0.29, 0.717) is 0 Å². The van der Waals surface area contributed by atoms with Gasteiger partial charge < -0.3 is 0 Å². The third-order valence-electron chi connectivity index (χ3n) is 5.54. The van der Waals surface area contributed by atoms with Crippen molar-refractivity contribution in [3.63, 3.8) is 0 Å². The maximum absolute atomic E-state index is 2.68. The Labute approximate surface area is 146 Å². The molecule has 2 fully saturated rings. The zero-order valence-electron chi connectivity index (χ0n) is 14.5. The van der Waals surface area contributed by atoms with Crippen molar-refractivity contribution < 1.29 is 0 Å². The van der Waals surface area contributed by atoms with Crippen molar-refractivity contribution in [2.24, 2.45) is 0 Å². The van der Waals surface area contributed by atoms with Gasteiger partial charge in [0.15, 0.2) is 0 Å². The lowest BCUT2D eigenvalue weighted by molar-refractivity contribution is 0.121. The summed E-state index contributed by atoms with van der Waals surface area (Å²) in [4.78, 5) is 2.68. The highest BCUT2D eigenvalue weighted by Crippen LogP contribution is 2.32. The van der Waals surface area contributed by atoms with Gasteiger partial charge in [0.2, 0.25) is 0 Å². The first-order valence-electron chi connectivity index (χ1n) is 9.46. The minimum atomic E-state index is 0.719. The molecule has 1 atom stereocenters.